The van der Waals surface area contributed by atoms with Crippen molar-refractivity contribution in [1.29, 1.82) is 0 Å². The predicted octanol–water partition coefficient (Wildman–Crippen LogP) is 3.03. The molecule has 27 heavy (non-hydrogen) atoms. The molecule has 1 aromatic heterocycles. The highest BCUT2D eigenvalue weighted by Gasteiger charge is 2.33. The minimum Gasteiger partial charge on any atom is -0.480 e. The van der Waals surface area contributed by atoms with Crippen LogP contribution in [0.25, 0.3) is 11.1 Å². The van der Waals surface area contributed by atoms with Crippen LogP contribution >= 0.6 is 0 Å². The summed E-state index contributed by atoms with van der Waals surface area (Å²) < 4.78 is 1.90. The molecule has 0 spiro atoms. The molecule has 0 saturated carbocycles. The van der Waals surface area contributed by atoms with Gasteiger partial charge in [0, 0.05) is 6.54 Å². The van der Waals surface area contributed by atoms with Gasteiger partial charge >= 0.3 is 5.97 Å². The van der Waals surface area contributed by atoms with Gasteiger partial charge in [0.1, 0.15) is 17.7 Å². The number of aliphatic carboxylic acids is 1. The maximum atomic E-state index is 11.8. The Morgan fingerprint density at radius 3 is 2.74 bits per heavy atom. The summed E-state index contributed by atoms with van der Waals surface area (Å²) in [6.45, 7) is 5.37. The summed E-state index contributed by atoms with van der Waals surface area (Å²) in [5, 5.41) is 18.0. The van der Waals surface area contributed by atoms with Crippen LogP contribution in [0.4, 0.5) is 0 Å². The molecule has 0 aliphatic carbocycles. The largest absolute Gasteiger partial charge is 0.480 e. The number of carboxylic acids is 1. The summed E-state index contributed by atoms with van der Waals surface area (Å²) in [7, 11) is 0. The summed E-state index contributed by atoms with van der Waals surface area (Å²) in [5.41, 5.74) is 4.66. The molecule has 1 aliphatic heterocycles. The number of carbonyl (C=O) groups is 1. The first-order valence-electron chi connectivity index (χ1n) is 9.03. The number of aryl methyl sites for hydroxylation is 2. The number of carboxylic acid groups (broad SMARTS) is 1. The molecule has 0 amide bonds. The number of hydrogen-bond donors (Lipinski definition) is 1. The van der Waals surface area contributed by atoms with E-state index in [0.29, 0.717) is 19.6 Å². The molecule has 1 aliphatic rings. The van der Waals surface area contributed by atoms with Crippen molar-refractivity contribution >= 4 is 5.97 Å². The Balaban J connectivity index is 1.62. The first-order valence-corrected chi connectivity index (χ1v) is 9.03. The van der Waals surface area contributed by atoms with E-state index >= 15 is 0 Å². The third-order valence-corrected chi connectivity index (χ3v) is 5.21. The summed E-state index contributed by atoms with van der Waals surface area (Å²) in [6.07, 6.45) is 0. The molecule has 3 aromatic rings. The van der Waals surface area contributed by atoms with Crippen LogP contribution in [0.3, 0.4) is 0 Å². The van der Waals surface area contributed by atoms with E-state index in [2.05, 4.69) is 41.4 Å². The summed E-state index contributed by atoms with van der Waals surface area (Å²) in [5.74, 6) is 0.765. The number of aromatic nitrogens is 3. The summed E-state index contributed by atoms with van der Waals surface area (Å²) >= 11 is 0. The molecule has 138 valence electrons. The zero-order valence-corrected chi connectivity index (χ0v) is 15.5. The van der Waals surface area contributed by atoms with E-state index in [1.165, 1.54) is 11.1 Å². The molecule has 0 radical (unpaired) electrons. The normalized spacial score (nSPS) is 16.9. The lowest BCUT2D eigenvalue weighted by molar-refractivity contribution is -0.145. The van der Waals surface area contributed by atoms with Crippen LogP contribution in [0.2, 0.25) is 0 Å². The van der Waals surface area contributed by atoms with Gasteiger partial charge in [-0.1, -0.05) is 42.5 Å². The standard InChI is InChI=1S/C21H22N4O2/c1-14-6-3-4-9-18(14)17-8-5-7-16(10-17)11-24-13-20-23-22-15(2)25(20)12-19(24)21(26)27/h3-10,19H,11-13H2,1-2H3,(H,26,27). The first kappa shape index (κ1) is 17.4. The SMILES string of the molecule is Cc1ccccc1-c1cccc(CN2Cc3nnc(C)n3CC2C(=O)O)c1. The van der Waals surface area contributed by atoms with Crippen LogP contribution in [0.1, 0.15) is 22.8 Å². The lowest BCUT2D eigenvalue weighted by Crippen LogP contribution is -2.47. The maximum absolute atomic E-state index is 11.8. The van der Waals surface area contributed by atoms with Gasteiger partial charge in [-0.25, -0.2) is 0 Å². The zero-order chi connectivity index (χ0) is 19.0. The second-order valence-corrected chi connectivity index (χ2v) is 7.05. The Morgan fingerprint density at radius 1 is 1.15 bits per heavy atom. The van der Waals surface area contributed by atoms with Gasteiger partial charge in [-0.3, -0.25) is 9.69 Å². The third-order valence-electron chi connectivity index (χ3n) is 5.21. The van der Waals surface area contributed by atoms with Crippen molar-refractivity contribution in [3.05, 3.63) is 71.3 Å². The Kier molecular flexibility index (Phi) is 4.49. The quantitative estimate of drug-likeness (QED) is 0.772. The Labute approximate surface area is 158 Å². The second kappa shape index (κ2) is 6.96. The molecule has 0 saturated heterocycles. The van der Waals surface area contributed by atoms with Crippen LogP contribution in [-0.2, 0) is 24.4 Å². The van der Waals surface area contributed by atoms with Crippen molar-refractivity contribution < 1.29 is 9.90 Å². The van der Waals surface area contributed by atoms with Gasteiger partial charge in [-0.2, -0.15) is 0 Å². The van der Waals surface area contributed by atoms with Crippen LogP contribution in [0.15, 0.2) is 48.5 Å². The molecule has 6 nitrogen and oxygen atoms in total. The second-order valence-electron chi connectivity index (χ2n) is 7.05. The minimum absolute atomic E-state index is 0.376. The molecule has 6 heteroatoms. The number of hydrogen-bond acceptors (Lipinski definition) is 4. The Bertz CT molecular complexity index is 995. The van der Waals surface area contributed by atoms with E-state index in [-0.39, 0.29) is 0 Å². The van der Waals surface area contributed by atoms with Gasteiger partial charge in [0.15, 0.2) is 0 Å². The molecule has 1 N–H and O–H groups in total. The number of rotatable bonds is 4. The van der Waals surface area contributed by atoms with E-state index in [9.17, 15) is 9.90 Å². The van der Waals surface area contributed by atoms with Crippen molar-refractivity contribution in [1.82, 2.24) is 19.7 Å². The predicted molar refractivity (Wildman–Crippen MR) is 102 cm³/mol. The lowest BCUT2D eigenvalue weighted by atomic mass is 9.98. The van der Waals surface area contributed by atoms with Crippen LogP contribution in [0.5, 0.6) is 0 Å². The van der Waals surface area contributed by atoms with Gasteiger partial charge in [0.25, 0.3) is 0 Å². The fourth-order valence-electron chi connectivity index (χ4n) is 3.73. The smallest absolute Gasteiger partial charge is 0.322 e. The third kappa shape index (κ3) is 3.36. The number of benzene rings is 2. The lowest BCUT2D eigenvalue weighted by Gasteiger charge is -2.33. The highest BCUT2D eigenvalue weighted by molar-refractivity contribution is 5.73. The van der Waals surface area contributed by atoms with E-state index in [1.807, 2.05) is 40.7 Å². The van der Waals surface area contributed by atoms with Crippen molar-refractivity contribution in [3.8, 4) is 11.1 Å². The number of nitrogens with zero attached hydrogens (tertiary/aromatic N) is 4. The summed E-state index contributed by atoms with van der Waals surface area (Å²) in [6, 6.07) is 16.0. The van der Waals surface area contributed by atoms with E-state index < -0.39 is 12.0 Å². The molecule has 0 fully saturated rings. The topological polar surface area (TPSA) is 71.2 Å². The van der Waals surface area contributed by atoms with Crippen LogP contribution < -0.4 is 0 Å². The van der Waals surface area contributed by atoms with Crippen molar-refractivity contribution in [2.75, 3.05) is 0 Å². The Hall–Kier alpha value is -2.99. The van der Waals surface area contributed by atoms with E-state index in [4.69, 9.17) is 0 Å². The Morgan fingerprint density at radius 2 is 1.96 bits per heavy atom. The summed E-state index contributed by atoms with van der Waals surface area (Å²) in [4.78, 5) is 13.8. The van der Waals surface area contributed by atoms with Gasteiger partial charge < -0.3 is 9.67 Å². The van der Waals surface area contributed by atoms with Crippen molar-refractivity contribution in [2.45, 2.75) is 39.5 Å². The van der Waals surface area contributed by atoms with Gasteiger partial charge in [0.05, 0.1) is 13.1 Å². The zero-order valence-electron chi connectivity index (χ0n) is 15.5. The monoisotopic (exact) mass is 362 g/mol. The molecular weight excluding hydrogens is 340 g/mol. The van der Waals surface area contributed by atoms with Crippen molar-refractivity contribution in [3.63, 3.8) is 0 Å². The van der Waals surface area contributed by atoms with E-state index in [0.717, 1.165) is 22.8 Å². The molecule has 1 atom stereocenters. The van der Waals surface area contributed by atoms with Gasteiger partial charge in [-0.15, -0.1) is 10.2 Å². The van der Waals surface area contributed by atoms with Crippen LogP contribution in [0, 0.1) is 13.8 Å². The van der Waals surface area contributed by atoms with E-state index in [1.54, 1.807) is 0 Å². The molecule has 2 aromatic carbocycles. The average molecular weight is 362 g/mol. The van der Waals surface area contributed by atoms with Crippen LogP contribution in [-0.4, -0.2) is 36.8 Å². The highest BCUT2D eigenvalue weighted by Crippen LogP contribution is 2.26. The fraction of sp³-hybridized carbons (Fsp3) is 0.286. The maximum Gasteiger partial charge on any atom is 0.322 e. The van der Waals surface area contributed by atoms with Gasteiger partial charge in [0.2, 0.25) is 0 Å². The average Bonchev–Trinajstić information content (AvgIpc) is 3.01. The first-order chi connectivity index (χ1) is 13.0. The van der Waals surface area contributed by atoms with Crippen molar-refractivity contribution in [2.24, 2.45) is 0 Å². The molecule has 0 bridgehead atoms. The van der Waals surface area contributed by atoms with Gasteiger partial charge in [-0.05, 0) is 42.2 Å². The molecule has 4 rings (SSSR count). The fourth-order valence-corrected chi connectivity index (χ4v) is 3.73. The molecule has 1 unspecified atom stereocenters. The molecular formula is C21H22N4O2. The molecule has 2 heterocycles. The highest BCUT2D eigenvalue weighted by atomic mass is 16.4. The minimum atomic E-state index is -0.816. The number of fused-ring (bicyclic) bond motifs is 1.